The molecule has 27 heavy (non-hydrogen) atoms. The average molecular weight is 387 g/mol. The molecule has 1 aliphatic rings. The fourth-order valence-corrected chi connectivity index (χ4v) is 4.34. The largest absolute Gasteiger partial charge is 0.350 e. The Morgan fingerprint density at radius 2 is 1.67 bits per heavy atom. The van der Waals surface area contributed by atoms with Gasteiger partial charge < -0.3 is 5.32 Å². The first-order valence-corrected chi connectivity index (χ1v) is 11.1. The fraction of sp³-hybridized carbons (Fsp3) is 0.381. The van der Waals surface area contributed by atoms with E-state index in [0.717, 1.165) is 13.1 Å². The van der Waals surface area contributed by atoms with Crippen molar-refractivity contribution in [1.29, 1.82) is 0 Å². The van der Waals surface area contributed by atoms with E-state index in [9.17, 15) is 13.2 Å². The van der Waals surface area contributed by atoms with Crippen LogP contribution in [0.2, 0.25) is 0 Å². The molecule has 0 spiro atoms. The zero-order valence-electron chi connectivity index (χ0n) is 15.6. The molecule has 1 unspecified atom stereocenters. The third-order valence-electron chi connectivity index (χ3n) is 5.08. The van der Waals surface area contributed by atoms with Crippen molar-refractivity contribution in [2.75, 3.05) is 25.4 Å². The van der Waals surface area contributed by atoms with Gasteiger partial charge in [-0.25, -0.2) is 8.42 Å². The van der Waals surface area contributed by atoms with E-state index in [0.29, 0.717) is 12.1 Å². The molecule has 0 aromatic heterocycles. The first-order valence-electron chi connectivity index (χ1n) is 9.41. The SMILES string of the molecule is CCS(=O)(=O)c1ccc(C(=O)NCC(c2ccccc2)N2CCCC2)cc1. The molecule has 2 aromatic carbocycles. The monoisotopic (exact) mass is 386 g/mol. The second-order valence-corrected chi connectivity index (χ2v) is 9.09. The Morgan fingerprint density at radius 1 is 1.04 bits per heavy atom. The number of carbonyl (C=O) groups excluding carboxylic acids is 1. The van der Waals surface area contributed by atoms with Gasteiger partial charge >= 0.3 is 0 Å². The van der Waals surface area contributed by atoms with Crippen molar-refractivity contribution in [2.24, 2.45) is 0 Å². The van der Waals surface area contributed by atoms with Gasteiger partial charge in [-0.15, -0.1) is 0 Å². The maximum Gasteiger partial charge on any atom is 0.251 e. The lowest BCUT2D eigenvalue weighted by molar-refractivity contribution is 0.0938. The number of benzene rings is 2. The average Bonchev–Trinajstić information content (AvgIpc) is 3.23. The molecule has 1 aliphatic heterocycles. The van der Waals surface area contributed by atoms with Gasteiger partial charge in [0.05, 0.1) is 16.7 Å². The molecule has 0 aliphatic carbocycles. The summed E-state index contributed by atoms with van der Waals surface area (Å²) in [6.07, 6.45) is 2.37. The number of sulfone groups is 1. The highest BCUT2D eigenvalue weighted by Gasteiger charge is 2.24. The molecule has 1 amide bonds. The molecule has 1 saturated heterocycles. The van der Waals surface area contributed by atoms with Gasteiger partial charge in [0.2, 0.25) is 0 Å². The summed E-state index contributed by atoms with van der Waals surface area (Å²) in [6, 6.07) is 16.5. The summed E-state index contributed by atoms with van der Waals surface area (Å²) in [5, 5.41) is 3.02. The third-order valence-corrected chi connectivity index (χ3v) is 6.83. The minimum Gasteiger partial charge on any atom is -0.350 e. The number of carbonyl (C=O) groups is 1. The first-order chi connectivity index (χ1) is 13.0. The summed E-state index contributed by atoms with van der Waals surface area (Å²) in [4.78, 5) is 15.2. The molecule has 1 atom stereocenters. The van der Waals surface area contributed by atoms with Crippen LogP contribution in [0.15, 0.2) is 59.5 Å². The number of hydrogen-bond acceptors (Lipinski definition) is 4. The normalized spacial score (nSPS) is 16.2. The van der Waals surface area contributed by atoms with Crippen molar-refractivity contribution >= 4 is 15.7 Å². The Bertz CT molecular complexity index is 858. The van der Waals surface area contributed by atoms with Gasteiger partial charge in [-0.3, -0.25) is 9.69 Å². The second kappa shape index (κ2) is 8.67. The first kappa shape index (κ1) is 19.6. The van der Waals surface area contributed by atoms with E-state index in [-0.39, 0.29) is 22.6 Å². The molecular formula is C21H26N2O3S. The van der Waals surface area contributed by atoms with E-state index in [2.05, 4.69) is 22.3 Å². The van der Waals surface area contributed by atoms with Crippen LogP contribution in [0.1, 0.15) is 41.7 Å². The topological polar surface area (TPSA) is 66.5 Å². The lowest BCUT2D eigenvalue weighted by Crippen LogP contribution is -2.36. The van der Waals surface area contributed by atoms with Crippen LogP contribution in [0.4, 0.5) is 0 Å². The number of hydrogen-bond donors (Lipinski definition) is 1. The van der Waals surface area contributed by atoms with E-state index in [4.69, 9.17) is 0 Å². The van der Waals surface area contributed by atoms with Gasteiger partial charge in [0.1, 0.15) is 0 Å². The molecule has 1 heterocycles. The smallest absolute Gasteiger partial charge is 0.251 e. The molecular weight excluding hydrogens is 360 g/mol. The number of nitrogens with one attached hydrogen (secondary N) is 1. The van der Waals surface area contributed by atoms with Crippen LogP contribution >= 0.6 is 0 Å². The zero-order chi connectivity index (χ0) is 19.3. The Balaban J connectivity index is 1.69. The Labute approximate surface area is 161 Å². The van der Waals surface area contributed by atoms with Gasteiger partial charge in [0.15, 0.2) is 9.84 Å². The van der Waals surface area contributed by atoms with E-state index in [1.807, 2.05) is 18.2 Å². The second-order valence-electron chi connectivity index (χ2n) is 6.81. The number of rotatable bonds is 7. The van der Waals surface area contributed by atoms with Crippen LogP contribution in [0.5, 0.6) is 0 Å². The Morgan fingerprint density at radius 3 is 2.26 bits per heavy atom. The highest BCUT2D eigenvalue weighted by molar-refractivity contribution is 7.91. The number of nitrogens with zero attached hydrogens (tertiary/aromatic N) is 1. The van der Waals surface area contributed by atoms with Gasteiger partial charge in [-0.05, 0) is 55.8 Å². The van der Waals surface area contributed by atoms with Gasteiger partial charge in [-0.2, -0.15) is 0 Å². The molecule has 1 fully saturated rings. The molecule has 6 heteroatoms. The molecule has 0 radical (unpaired) electrons. The molecule has 1 N–H and O–H groups in total. The predicted octanol–water partition coefficient (Wildman–Crippen LogP) is 3.05. The van der Waals surface area contributed by atoms with Crippen molar-refractivity contribution in [2.45, 2.75) is 30.7 Å². The standard InChI is InChI=1S/C21H26N2O3S/c1-2-27(25,26)19-12-10-18(11-13-19)21(24)22-16-20(23-14-6-7-15-23)17-8-4-3-5-9-17/h3-5,8-13,20H,2,6-7,14-16H2,1H3,(H,22,24). The summed E-state index contributed by atoms with van der Waals surface area (Å²) in [5.74, 6) is -0.136. The molecule has 144 valence electrons. The molecule has 3 rings (SSSR count). The maximum absolute atomic E-state index is 12.5. The van der Waals surface area contributed by atoms with Gasteiger partial charge in [0.25, 0.3) is 5.91 Å². The van der Waals surface area contributed by atoms with Gasteiger partial charge in [-0.1, -0.05) is 37.3 Å². The van der Waals surface area contributed by atoms with E-state index in [1.54, 1.807) is 19.1 Å². The lowest BCUT2D eigenvalue weighted by Gasteiger charge is -2.28. The van der Waals surface area contributed by atoms with Crippen LogP contribution in [-0.2, 0) is 9.84 Å². The van der Waals surface area contributed by atoms with Crippen LogP contribution in [0.3, 0.4) is 0 Å². The number of likely N-dealkylation sites (tertiary alicyclic amines) is 1. The maximum atomic E-state index is 12.5. The van der Waals surface area contributed by atoms with Crippen molar-refractivity contribution < 1.29 is 13.2 Å². The summed E-state index contributed by atoms with van der Waals surface area (Å²) >= 11 is 0. The minimum atomic E-state index is -3.25. The molecule has 2 aromatic rings. The van der Waals surface area contributed by atoms with Crippen molar-refractivity contribution in [1.82, 2.24) is 10.2 Å². The summed E-state index contributed by atoms with van der Waals surface area (Å²) in [5.41, 5.74) is 1.67. The van der Waals surface area contributed by atoms with Crippen LogP contribution in [0.25, 0.3) is 0 Å². The minimum absolute atomic E-state index is 0.0487. The van der Waals surface area contributed by atoms with Crippen LogP contribution in [-0.4, -0.2) is 44.6 Å². The Hall–Kier alpha value is -2.18. The molecule has 0 saturated carbocycles. The van der Waals surface area contributed by atoms with Crippen molar-refractivity contribution in [3.05, 3.63) is 65.7 Å². The van der Waals surface area contributed by atoms with Crippen LogP contribution < -0.4 is 5.32 Å². The number of amides is 1. The third kappa shape index (κ3) is 4.76. The predicted molar refractivity (Wildman–Crippen MR) is 106 cm³/mol. The summed E-state index contributed by atoms with van der Waals surface area (Å²) in [6.45, 7) is 4.22. The van der Waals surface area contributed by atoms with Crippen molar-refractivity contribution in [3.63, 3.8) is 0 Å². The van der Waals surface area contributed by atoms with E-state index >= 15 is 0 Å². The van der Waals surface area contributed by atoms with Gasteiger partial charge in [0, 0.05) is 12.1 Å². The lowest BCUT2D eigenvalue weighted by atomic mass is 10.1. The summed E-state index contributed by atoms with van der Waals surface area (Å²) < 4.78 is 23.8. The van der Waals surface area contributed by atoms with E-state index < -0.39 is 9.84 Å². The highest BCUT2D eigenvalue weighted by Crippen LogP contribution is 2.24. The highest BCUT2D eigenvalue weighted by atomic mass is 32.2. The fourth-order valence-electron chi connectivity index (χ4n) is 3.46. The molecule has 0 bridgehead atoms. The van der Waals surface area contributed by atoms with Crippen LogP contribution in [0, 0.1) is 0 Å². The van der Waals surface area contributed by atoms with Crippen molar-refractivity contribution in [3.8, 4) is 0 Å². The quantitative estimate of drug-likeness (QED) is 0.794. The molecule has 5 nitrogen and oxygen atoms in total. The summed E-state index contributed by atoms with van der Waals surface area (Å²) in [7, 11) is -3.25. The zero-order valence-corrected chi connectivity index (χ0v) is 16.4. The van der Waals surface area contributed by atoms with E-state index in [1.165, 1.54) is 30.5 Å². The Kier molecular flexibility index (Phi) is 6.29.